The summed E-state index contributed by atoms with van der Waals surface area (Å²) in [6, 6.07) is 13.2. The van der Waals surface area contributed by atoms with Crippen LogP contribution in [0.1, 0.15) is 30.2 Å². The van der Waals surface area contributed by atoms with Crippen molar-refractivity contribution >= 4 is 16.8 Å². The lowest BCUT2D eigenvalue weighted by Crippen LogP contribution is -1.98. The second kappa shape index (κ2) is 4.81. The van der Waals surface area contributed by atoms with Crippen LogP contribution in [0, 0.1) is 0 Å². The Bertz CT molecular complexity index is 773. The van der Waals surface area contributed by atoms with E-state index in [0.717, 1.165) is 28.2 Å². The molecule has 1 aliphatic rings. The first kappa shape index (κ1) is 12.3. The van der Waals surface area contributed by atoms with Gasteiger partial charge in [-0.05, 0) is 48.7 Å². The van der Waals surface area contributed by atoms with Gasteiger partial charge in [-0.2, -0.15) is 0 Å². The van der Waals surface area contributed by atoms with Crippen molar-refractivity contribution in [3.63, 3.8) is 0 Å². The molecule has 1 fully saturated rings. The summed E-state index contributed by atoms with van der Waals surface area (Å²) in [6.45, 7) is 0.707. The number of phenols is 1. The number of aromatic nitrogens is 1. The summed E-state index contributed by atoms with van der Waals surface area (Å²) in [5.41, 5.74) is 3.90. The van der Waals surface area contributed by atoms with E-state index in [2.05, 4.69) is 10.3 Å². The van der Waals surface area contributed by atoms with Crippen molar-refractivity contribution in [2.75, 3.05) is 5.32 Å². The summed E-state index contributed by atoms with van der Waals surface area (Å²) in [7, 11) is 0. The molecule has 0 unspecified atom stereocenters. The van der Waals surface area contributed by atoms with Gasteiger partial charge in [0.15, 0.2) is 11.5 Å². The first-order chi connectivity index (χ1) is 10.3. The zero-order valence-corrected chi connectivity index (χ0v) is 11.5. The Labute approximate surface area is 122 Å². The van der Waals surface area contributed by atoms with Gasteiger partial charge < -0.3 is 14.8 Å². The fourth-order valence-electron chi connectivity index (χ4n) is 2.38. The monoisotopic (exact) mass is 280 g/mol. The summed E-state index contributed by atoms with van der Waals surface area (Å²) < 4.78 is 5.76. The van der Waals surface area contributed by atoms with E-state index in [1.807, 2.05) is 30.3 Å². The summed E-state index contributed by atoms with van der Waals surface area (Å²) >= 11 is 0. The number of rotatable bonds is 4. The number of hydrogen-bond donors (Lipinski definition) is 2. The average molecular weight is 280 g/mol. The highest BCUT2D eigenvalue weighted by Crippen LogP contribution is 2.40. The molecule has 4 nitrogen and oxygen atoms in total. The highest BCUT2D eigenvalue weighted by atomic mass is 16.3. The van der Waals surface area contributed by atoms with Gasteiger partial charge in [0.1, 0.15) is 11.3 Å². The van der Waals surface area contributed by atoms with Crippen LogP contribution in [0.25, 0.3) is 11.1 Å². The van der Waals surface area contributed by atoms with Crippen molar-refractivity contribution in [3.05, 3.63) is 53.9 Å². The summed E-state index contributed by atoms with van der Waals surface area (Å²) in [5.74, 6) is 1.70. The first-order valence-corrected chi connectivity index (χ1v) is 7.20. The fraction of sp³-hybridized carbons (Fsp3) is 0.235. The molecule has 0 saturated heterocycles. The molecule has 1 saturated carbocycles. The Kier molecular flexibility index (Phi) is 2.81. The van der Waals surface area contributed by atoms with Crippen LogP contribution >= 0.6 is 0 Å². The highest BCUT2D eigenvalue weighted by Gasteiger charge is 2.28. The number of benzene rings is 2. The third kappa shape index (κ3) is 2.57. The zero-order chi connectivity index (χ0) is 14.2. The van der Waals surface area contributed by atoms with Crippen molar-refractivity contribution in [1.82, 2.24) is 4.98 Å². The number of fused-ring (bicyclic) bond motifs is 1. The number of phenolic OH excluding ortho intramolecular Hbond substituents is 1. The molecular formula is C17H16N2O2. The van der Waals surface area contributed by atoms with E-state index in [4.69, 9.17) is 4.42 Å². The van der Waals surface area contributed by atoms with Gasteiger partial charge in [-0.15, -0.1) is 0 Å². The standard InChI is InChI=1S/C17H16N2O2/c20-14-6-1-11(2-7-14)10-18-13-5-8-16-15(9-13)19-17(21-16)12-3-4-12/h1-2,5-9,12,18,20H,3-4,10H2. The molecule has 3 aromatic rings. The second-order valence-corrected chi connectivity index (χ2v) is 5.53. The molecule has 0 bridgehead atoms. The van der Waals surface area contributed by atoms with Crippen LogP contribution in [0.15, 0.2) is 46.9 Å². The molecule has 0 aliphatic heterocycles. The maximum atomic E-state index is 9.27. The minimum absolute atomic E-state index is 0.287. The van der Waals surface area contributed by atoms with Gasteiger partial charge >= 0.3 is 0 Å². The van der Waals surface area contributed by atoms with Gasteiger partial charge in [-0.25, -0.2) is 4.98 Å². The maximum absolute atomic E-state index is 9.27. The lowest BCUT2D eigenvalue weighted by atomic mass is 10.2. The highest BCUT2D eigenvalue weighted by molar-refractivity contribution is 5.77. The molecule has 0 atom stereocenters. The lowest BCUT2D eigenvalue weighted by Gasteiger charge is -2.06. The number of hydrogen-bond acceptors (Lipinski definition) is 4. The van der Waals surface area contributed by atoms with E-state index >= 15 is 0 Å². The number of oxazole rings is 1. The molecule has 2 N–H and O–H groups in total. The van der Waals surface area contributed by atoms with Crippen molar-refractivity contribution in [2.24, 2.45) is 0 Å². The van der Waals surface area contributed by atoms with Crippen LogP contribution in [0.2, 0.25) is 0 Å². The van der Waals surface area contributed by atoms with E-state index in [9.17, 15) is 5.11 Å². The molecule has 106 valence electrons. The molecule has 0 amide bonds. The number of nitrogens with one attached hydrogen (secondary N) is 1. The van der Waals surface area contributed by atoms with Gasteiger partial charge in [0.05, 0.1) is 0 Å². The summed E-state index contributed by atoms with van der Waals surface area (Å²) in [6.07, 6.45) is 2.39. The lowest BCUT2D eigenvalue weighted by molar-refractivity contribution is 0.475. The van der Waals surface area contributed by atoms with Gasteiger partial charge in [-0.1, -0.05) is 12.1 Å². The smallest absolute Gasteiger partial charge is 0.198 e. The number of aromatic hydroxyl groups is 1. The Hall–Kier alpha value is -2.49. The van der Waals surface area contributed by atoms with E-state index in [1.54, 1.807) is 12.1 Å². The van der Waals surface area contributed by atoms with Crippen LogP contribution in [0.5, 0.6) is 5.75 Å². The Balaban J connectivity index is 1.51. The molecule has 1 heterocycles. The van der Waals surface area contributed by atoms with Crippen molar-refractivity contribution in [1.29, 1.82) is 0 Å². The van der Waals surface area contributed by atoms with Crippen molar-refractivity contribution in [3.8, 4) is 5.75 Å². The molecular weight excluding hydrogens is 264 g/mol. The third-order valence-corrected chi connectivity index (χ3v) is 3.76. The van der Waals surface area contributed by atoms with E-state index in [1.165, 1.54) is 12.8 Å². The average Bonchev–Trinajstić information content (AvgIpc) is 3.26. The Morgan fingerprint density at radius 3 is 2.71 bits per heavy atom. The predicted molar refractivity (Wildman–Crippen MR) is 81.4 cm³/mol. The SMILES string of the molecule is Oc1ccc(CNc2ccc3oc(C4CC4)nc3c2)cc1. The second-order valence-electron chi connectivity index (χ2n) is 5.53. The maximum Gasteiger partial charge on any atom is 0.198 e. The molecule has 4 heteroatoms. The number of nitrogens with zero attached hydrogens (tertiary/aromatic N) is 1. The Morgan fingerprint density at radius 2 is 1.95 bits per heavy atom. The quantitative estimate of drug-likeness (QED) is 0.757. The van der Waals surface area contributed by atoms with E-state index in [-0.39, 0.29) is 5.75 Å². The minimum Gasteiger partial charge on any atom is -0.508 e. The van der Waals surface area contributed by atoms with Crippen LogP contribution in [-0.2, 0) is 6.54 Å². The van der Waals surface area contributed by atoms with Crippen LogP contribution in [0.3, 0.4) is 0 Å². The van der Waals surface area contributed by atoms with Gasteiger partial charge in [-0.3, -0.25) is 0 Å². The van der Waals surface area contributed by atoms with Crippen LogP contribution < -0.4 is 5.32 Å². The first-order valence-electron chi connectivity index (χ1n) is 7.20. The molecule has 0 spiro atoms. The van der Waals surface area contributed by atoms with Crippen LogP contribution in [-0.4, -0.2) is 10.1 Å². The third-order valence-electron chi connectivity index (χ3n) is 3.76. The van der Waals surface area contributed by atoms with Crippen molar-refractivity contribution in [2.45, 2.75) is 25.3 Å². The van der Waals surface area contributed by atoms with Gasteiger partial charge in [0.25, 0.3) is 0 Å². The summed E-state index contributed by atoms with van der Waals surface area (Å²) in [5, 5.41) is 12.6. The van der Waals surface area contributed by atoms with E-state index in [0.29, 0.717) is 12.5 Å². The number of anilines is 1. The molecule has 1 aliphatic carbocycles. The van der Waals surface area contributed by atoms with Gasteiger partial charge in [0.2, 0.25) is 0 Å². The van der Waals surface area contributed by atoms with Gasteiger partial charge in [0, 0.05) is 18.2 Å². The molecule has 1 aromatic heterocycles. The van der Waals surface area contributed by atoms with Crippen LogP contribution in [0.4, 0.5) is 5.69 Å². The fourth-order valence-corrected chi connectivity index (χ4v) is 2.38. The summed E-state index contributed by atoms with van der Waals surface area (Å²) in [4.78, 5) is 4.56. The van der Waals surface area contributed by atoms with E-state index < -0.39 is 0 Å². The largest absolute Gasteiger partial charge is 0.508 e. The molecule has 21 heavy (non-hydrogen) atoms. The van der Waals surface area contributed by atoms with Crippen molar-refractivity contribution < 1.29 is 9.52 Å². The zero-order valence-electron chi connectivity index (χ0n) is 11.5. The molecule has 2 aromatic carbocycles. The topological polar surface area (TPSA) is 58.3 Å². The molecule has 4 rings (SSSR count). The molecule has 0 radical (unpaired) electrons. The minimum atomic E-state index is 0.287. The predicted octanol–water partition coefficient (Wildman–Crippen LogP) is 4.02. The normalized spacial score (nSPS) is 14.5. The Morgan fingerprint density at radius 1 is 1.14 bits per heavy atom.